The maximum Gasteiger partial charge on any atom is 0.133 e. The number of allylic oxidation sites excluding steroid dienone is 5. The van der Waals surface area contributed by atoms with Crippen LogP contribution in [0.3, 0.4) is 0 Å². The maximum absolute atomic E-state index is 11.0. The van der Waals surface area contributed by atoms with Crippen LogP contribution < -0.4 is 0 Å². The third-order valence-corrected chi connectivity index (χ3v) is 3.13. The van der Waals surface area contributed by atoms with Crippen LogP contribution in [-0.2, 0) is 4.79 Å². The molecule has 0 bridgehead atoms. The molecule has 1 rings (SSSR count). The Kier molecular flexibility index (Phi) is 5.31. The Balaban J connectivity index is 3.12. The molecule has 0 amide bonds. The molecular weight excluding hydrogens is 236 g/mol. The number of benzene rings is 1. The molecule has 0 aromatic heterocycles. The van der Waals surface area contributed by atoms with Crippen molar-refractivity contribution in [3.05, 3.63) is 59.7 Å². The molecule has 0 fully saturated rings. The highest BCUT2D eigenvalue weighted by Gasteiger charge is 2.04. The van der Waals surface area contributed by atoms with Crippen LogP contribution >= 0.6 is 0 Å². The standard InChI is InChI=1S/C17H20O2/c1-5-15(7-6-12(2)18)13(3)14(4)16-8-10-17(19)11-9-16/h5,7-11,19H,1,6H2,2-4H3/b14-13?,15-7+. The third-order valence-electron chi connectivity index (χ3n) is 3.13. The molecule has 0 aliphatic carbocycles. The zero-order valence-corrected chi connectivity index (χ0v) is 11.7. The van der Waals surface area contributed by atoms with Crippen molar-refractivity contribution in [2.75, 3.05) is 0 Å². The second-order valence-electron chi connectivity index (χ2n) is 4.57. The highest BCUT2D eigenvalue weighted by molar-refractivity contribution is 5.78. The molecule has 2 nitrogen and oxygen atoms in total. The van der Waals surface area contributed by atoms with E-state index in [9.17, 15) is 9.90 Å². The van der Waals surface area contributed by atoms with E-state index >= 15 is 0 Å². The molecule has 0 heterocycles. The first kappa shape index (κ1) is 15.0. The van der Waals surface area contributed by atoms with Gasteiger partial charge in [0, 0.05) is 6.42 Å². The Morgan fingerprint density at radius 3 is 2.26 bits per heavy atom. The number of ketones is 1. The van der Waals surface area contributed by atoms with E-state index in [1.807, 2.05) is 32.1 Å². The predicted molar refractivity (Wildman–Crippen MR) is 80.0 cm³/mol. The smallest absolute Gasteiger partial charge is 0.133 e. The summed E-state index contributed by atoms with van der Waals surface area (Å²) in [6.07, 6.45) is 4.08. The van der Waals surface area contributed by atoms with Gasteiger partial charge in [0.25, 0.3) is 0 Å². The summed E-state index contributed by atoms with van der Waals surface area (Å²) in [6.45, 7) is 9.40. The van der Waals surface area contributed by atoms with Crippen LogP contribution in [0.25, 0.3) is 5.57 Å². The van der Waals surface area contributed by atoms with Crippen LogP contribution in [0.2, 0.25) is 0 Å². The van der Waals surface area contributed by atoms with Gasteiger partial charge in [0.05, 0.1) is 0 Å². The molecule has 1 aromatic carbocycles. The quantitative estimate of drug-likeness (QED) is 0.798. The van der Waals surface area contributed by atoms with Gasteiger partial charge < -0.3 is 5.11 Å². The molecule has 0 radical (unpaired) electrons. The van der Waals surface area contributed by atoms with Crippen molar-refractivity contribution >= 4 is 11.4 Å². The van der Waals surface area contributed by atoms with Gasteiger partial charge in [-0.15, -0.1) is 0 Å². The topological polar surface area (TPSA) is 37.3 Å². The lowest BCUT2D eigenvalue weighted by Crippen LogP contribution is -1.91. The number of Topliss-reactive ketones (excluding diaryl/α,β-unsaturated/α-hetero) is 1. The molecule has 2 heteroatoms. The van der Waals surface area contributed by atoms with Gasteiger partial charge in [-0.1, -0.05) is 30.9 Å². The van der Waals surface area contributed by atoms with E-state index in [4.69, 9.17) is 0 Å². The highest BCUT2D eigenvalue weighted by Crippen LogP contribution is 2.25. The number of carbonyl (C=O) groups is 1. The van der Waals surface area contributed by atoms with Crippen LogP contribution in [0.4, 0.5) is 0 Å². The number of rotatable bonds is 5. The van der Waals surface area contributed by atoms with E-state index < -0.39 is 0 Å². The SMILES string of the molecule is C=C/C(=C\CC(C)=O)C(C)=C(C)c1ccc(O)cc1. The third kappa shape index (κ3) is 4.25. The first-order valence-corrected chi connectivity index (χ1v) is 6.25. The average Bonchev–Trinajstić information content (AvgIpc) is 2.39. The van der Waals surface area contributed by atoms with Gasteiger partial charge in [-0.05, 0) is 55.2 Å². The van der Waals surface area contributed by atoms with Gasteiger partial charge in [-0.25, -0.2) is 0 Å². The van der Waals surface area contributed by atoms with E-state index in [2.05, 4.69) is 6.58 Å². The van der Waals surface area contributed by atoms with Crippen LogP contribution in [0.5, 0.6) is 5.75 Å². The van der Waals surface area contributed by atoms with Crippen LogP contribution in [0.15, 0.2) is 54.1 Å². The number of phenolic OH excluding ortho intramolecular Hbond substituents is 1. The summed E-state index contributed by atoms with van der Waals surface area (Å²) in [5.74, 6) is 0.389. The van der Waals surface area contributed by atoms with Crippen molar-refractivity contribution in [3.63, 3.8) is 0 Å². The second-order valence-corrected chi connectivity index (χ2v) is 4.57. The Bertz CT molecular complexity index is 531. The fourth-order valence-corrected chi connectivity index (χ4v) is 1.79. The van der Waals surface area contributed by atoms with E-state index in [1.54, 1.807) is 25.1 Å². The van der Waals surface area contributed by atoms with Gasteiger partial charge in [0.15, 0.2) is 0 Å². The summed E-state index contributed by atoms with van der Waals surface area (Å²) >= 11 is 0. The van der Waals surface area contributed by atoms with Crippen molar-refractivity contribution in [1.29, 1.82) is 0 Å². The van der Waals surface area contributed by atoms with Gasteiger partial charge >= 0.3 is 0 Å². The molecule has 0 aliphatic heterocycles. The van der Waals surface area contributed by atoms with Crippen LogP contribution in [0, 0.1) is 0 Å². The Labute approximate surface area is 114 Å². The number of aromatic hydroxyl groups is 1. The molecule has 19 heavy (non-hydrogen) atoms. The minimum Gasteiger partial charge on any atom is -0.508 e. The minimum absolute atomic E-state index is 0.134. The van der Waals surface area contributed by atoms with E-state index in [0.29, 0.717) is 6.42 Å². The molecule has 0 spiro atoms. The molecule has 0 saturated heterocycles. The number of phenols is 1. The lowest BCUT2D eigenvalue weighted by Gasteiger charge is -2.09. The minimum atomic E-state index is 0.134. The number of hydrogen-bond donors (Lipinski definition) is 1. The molecule has 1 N–H and O–H groups in total. The fourth-order valence-electron chi connectivity index (χ4n) is 1.79. The second kappa shape index (κ2) is 6.74. The first-order chi connectivity index (χ1) is 8.95. The molecule has 100 valence electrons. The summed E-state index contributed by atoms with van der Waals surface area (Å²) in [7, 11) is 0. The van der Waals surface area contributed by atoms with Crippen LogP contribution in [-0.4, -0.2) is 10.9 Å². The van der Waals surface area contributed by atoms with E-state index in [1.165, 1.54) is 0 Å². The first-order valence-electron chi connectivity index (χ1n) is 6.25. The van der Waals surface area contributed by atoms with Gasteiger partial charge in [-0.3, -0.25) is 4.79 Å². The van der Waals surface area contributed by atoms with Gasteiger partial charge in [0.1, 0.15) is 11.5 Å². The van der Waals surface area contributed by atoms with Crippen molar-refractivity contribution in [1.82, 2.24) is 0 Å². The average molecular weight is 256 g/mol. The fraction of sp³-hybridized carbons (Fsp3) is 0.235. The maximum atomic E-state index is 11.0. The molecular formula is C17H20O2. The summed E-state index contributed by atoms with van der Waals surface area (Å²) in [5.41, 5.74) is 4.21. The Morgan fingerprint density at radius 1 is 1.21 bits per heavy atom. The number of carbonyl (C=O) groups excluding carboxylic acids is 1. The highest BCUT2D eigenvalue weighted by atomic mass is 16.3. The zero-order valence-electron chi connectivity index (χ0n) is 11.7. The van der Waals surface area contributed by atoms with Gasteiger partial charge in [0.2, 0.25) is 0 Å². The lowest BCUT2D eigenvalue weighted by molar-refractivity contribution is -0.116. The van der Waals surface area contributed by atoms with E-state index in [-0.39, 0.29) is 11.5 Å². The summed E-state index contributed by atoms with van der Waals surface area (Å²) in [5, 5.41) is 9.30. The van der Waals surface area contributed by atoms with Crippen molar-refractivity contribution in [2.45, 2.75) is 27.2 Å². The lowest BCUT2D eigenvalue weighted by atomic mass is 9.96. The molecule has 1 aromatic rings. The normalized spacial score (nSPS) is 12.9. The molecule has 0 aliphatic rings. The summed E-state index contributed by atoms with van der Waals surface area (Å²) < 4.78 is 0. The van der Waals surface area contributed by atoms with Crippen molar-refractivity contribution in [3.8, 4) is 5.75 Å². The van der Waals surface area contributed by atoms with Crippen molar-refractivity contribution in [2.24, 2.45) is 0 Å². The monoisotopic (exact) mass is 256 g/mol. The van der Waals surface area contributed by atoms with Gasteiger partial charge in [-0.2, -0.15) is 0 Å². The molecule has 0 unspecified atom stereocenters. The van der Waals surface area contributed by atoms with Crippen LogP contribution in [0.1, 0.15) is 32.8 Å². The predicted octanol–water partition coefficient (Wildman–Crippen LogP) is 4.28. The van der Waals surface area contributed by atoms with E-state index in [0.717, 1.165) is 22.3 Å². The Morgan fingerprint density at radius 2 is 1.79 bits per heavy atom. The largest absolute Gasteiger partial charge is 0.508 e. The molecule has 0 saturated carbocycles. The molecule has 0 atom stereocenters. The number of hydrogen-bond acceptors (Lipinski definition) is 2. The zero-order chi connectivity index (χ0) is 14.4. The Hall–Kier alpha value is -2.09. The summed E-state index contributed by atoms with van der Waals surface area (Å²) in [6, 6.07) is 7.08. The summed E-state index contributed by atoms with van der Waals surface area (Å²) in [4.78, 5) is 11.0. The van der Waals surface area contributed by atoms with Crippen molar-refractivity contribution < 1.29 is 9.90 Å².